The van der Waals surface area contributed by atoms with Gasteiger partial charge in [-0.15, -0.1) is 0 Å². The summed E-state index contributed by atoms with van der Waals surface area (Å²) in [4.78, 5) is 17.4. The van der Waals surface area contributed by atoms with Crippen LogP contribution in [0.4, 0.5) is 0 Å². The molecule has 0 saturated heterocycles. The molecule has 1 heterocycles. The predicted octanol–water partition coefficient (Wildman–Crippen LogP) is 5.28. The van der Waals surface area contributed by atoms with Gasteiger partial charge in [0.25, 0.3) is 0 Å². The number of imidazole rings is 1. The Morgan fingerprint density at radius 1 is 1.12 bits per heavy atom. The van der Waals surface area contributed by atoms with Crippen molar-refractivity contribution in [1.29, 1.82) is 0 Å². The quantitative estimate of drug-likeness (QED) is 0.221. The Kier molecular flexibility index (Phi) is 8.47. The van der Waals surface area contributed by atoms with E-state index in [0.717, 1.165) is 11.1 Å². The van der Waals surface area contributed by atoms with Gasteiger partial charge < -0.3 is 19.4 Å². The largest absolute Gasteiger partial charge is 0.469 e. The van der Waals surface area contributed by atoms with E-state index in [2.05, 4.69) is 38.4 Å². The lowest BCUT2D eigenvalue weighted by Crippen LogP contribution is -2.47. The topological polar surface area (TPSA) is 65.4 Å². The third-order valence-electron chi connectivity index (χ3n) is 5.34. The van der Waals surface area contributed by atoms with E-state index >= 15 is 0 Å². The molecule has 0 bridgehead atoms. The fraction of sp³-hybridized carbons (Fsp3) is 0.360. The smallest absolute Gasteiger partial charge is 0.231 e. The summed E-state index contributed by atoms with van der Waals surface area (Å²) in [6.07, 6.45) is 4.59. The molecular weight excluding hydrogens is 470 g/mol. The second-order valence-corrected chi connectivity index (χ2v) is 8.75. The number of carbonyl (C=O) groups excluding carboxylic acids is 1. The maximum atomic E-state index is 13.3. The van der Waals surface area contributed by atoms with E-state index in [-0.39, 0.29) is 12.6 Å². The van der Waals surface area contributed by atoms with E-state index in [4.69, 9.17) is 9.47 Å². The van der Waals surface area contributed by atoms with Gasteiger partial charge in [-0.05, 0) is 35.6 Å². The number of benzene rings is 2. The molecule has 0 aliphatic carbocycles. The van der Waals surface area contributed by atoms with Crippen molar-refractivity contribution in [1.82, 2.24) is 14.9 Å². The van der Waals surface area contributed by atoms with Crippen LogP contribution in [0, 0.1) is 11.3 Å². The lowest BCUT2D eigenvalue weighted by atomic mass is 9.78. The van der Waals surface area contributed by atoms with Crippen LogP contribution in [0.2, 0.25) is 0 Å². The van der Waals surface area contributed by atoms with Crippen LogP contribution in [0.3, 0.4) is 0 Å². The second-order valence-electron chi connectivity index (χ2n) is 8.19. The zero-order valence-electron chi connectivity index (χ0n) is 18.7. The highest BCUT2D eigenvalue weighted by Gasteiger charge is 2.43. The van der Waals surface area contributed by atoms with Gasteiger partial charge in [-0.1, -0.05) is 72.2 Å². The fourth-order valence-corrected chi connectivity index (χ4v) is 3.85. The normalized spacial score (nSPS) is 13.4. The highest BCUT2D eigenvalue weighted by molar-refractivity contribution is 9.09. The van der Waals surface area contributed by atoms with Crippen LogP contribution in [0.1, 0.15) is 27.0 Å². The predicted molar refractivity (Wildman–Crippen MR) is 129 cm³/mol. The second kappa shape index (κ2) is 11.3. The summed E-state index contributed by atoms with van der Waals surface area (Å²) in [6, 6.07) is 18.1. The number of halogens is 1. The molecule has 0 aliphatic heterocycles. The number of carbonyl (C=O) groups is 1. The lowest BCUT2D eigenvalue weighted by Gasteiger charge is -2.37. The number of hydrogen-bond donors (Lipinski definition) is 1. The molecule has 0 fully saturated rings. The molecule has 32 heavy (non-hydrogen) atoms. The summed E-state index contributed by atoms with van der Waals surface area (Å²) in [5.74, 6) is 0.0317. The zero-order valence-corrected chi connectivity index (χ0v) is 20.3. The van der Waals surface area contributed by atoms with Crippen molar-refractivity contribution in [2.45, 2.75) is 27.0 Å². The van der Waals surface area contributed by atoms with Crippen molar-refractivity contribution >= 4 is 21.8 Å². The standard InChI is InChI=1S/C25H30BrN3O3/c1-4-31-18-28-23(30)22(25(2,3)16-26)24(29-15-14-27-17-29)32-21-12-10-20(11-13-21)19-8-6-5-7-9-19/h5-15,17,22,24H,4,16,18H2,1-3H3,(H,28,30). The molecule has 3 rings (SSSR count). The number of amides is 1. The molecule has 170 valence electrons. The van der Waals surface area contributed by atoms with Crippen LogP contribution >= 0.6 is 15.9 Å². The number of alkyl halides is 1. The van der Waals surface area contributed by atoms with Crippen molar-refractivity contribution in [3.05, 3.63) is 73.3 Å². The molecule has 0 spiro atoms. The molecule has 2 atom stereocenters. The van der Waals surface area contributed by atoms with Gasteiger partial charge in [-0.3, -0.25) is 4.79 Å². The third-order valence-corrected chi connectivity index (χ3v) is 6.79. The van der Waals surface area contributed by atoms with Crippen molar-refractivity contribution < 1.29 is 14.3 Å². The molecule has 0 saturated carbocycles. The van der Waals surface area contributed by atoms with Gasteiger partial charge >= 0.3 is 0 Å². The number of nitrogens with one attached hydrogen (secondary N) is 1. The van der Waals surface area contributed by atoms with Gasteiger partial charge in [0.1, 0.15) is 18.4 Å². The molecule has 2 aromatic carbocycles. The first kappa shape index (κ1) is 24.0. The van der Waals surface area contributed by atoms with E-state index in [0.29, 0.717) is 17.7 Å². The molecule has 3 aromatic rings. The number of rotatable bonds is 11. The molecule has 1 N–H and O–H groups in total. The minimum absolute atomic E-state index is 0.137. The maximum absolute atomic E-state index is 13.3. The Hall–Kier alpha value is -2.64. The Balaban J connectivity index is 1.90. The van der Waals surface area contributed by atoms with Gasteiger partial charge in [0, 0.05) is 24.3 Å². The summed E-state index contributed by atoms with van der Waals surface area (Å²) in [5, 5.41) is 3.51. The van der Waals surface area contributed by atoms with Crippen LogP contribution in [0.5, 0.6) is 5.75 Å². The Labute approximate surface area is 198 Å². The zero-order chi connectivity index (χ0) is 23.0. The summed E-state index contributed by atoms with van der Waals surface area (Å²) in [5.41, 5.74) is 1.83. The van der Waals surface area contributed by atoms with E-state index in [1.807, 2.05) is 74.0 Å². The monoisotopic (exact) mass is 499 g/mol. The molecule has 2 unspecified atom stereocenters. The molecule has 0 radical (unpaired) electrons. The minimum Gasteiger partial charge on any atom is -0.469 e. The summed E-state index contributed by atoms with van der Waals surface area (Å²) < 4.78 is 13.6. The van der Waals surface area contributed by atoms with Crippen LogP contribution in [0.25, 0.3) is 11.1 Å². The summed E-state index contributed by atoms with van der Waals surface area (Å²) in [7, 11) is 0. The van der Waals surface area contributed by atoms with Gasteiger partial charge in [0.15, 0.2) is 6.23 Å². The van der Waals surface area contributed by atoms with Crippen LogP contribution in [0.15, 0.2) is 73.3 Å². The first-order valence-electron chi connectivity index (χ1n) is 10.7. The highest BCUT2D eigenvalue weighted by Crippen LogP contribution is 2.39. The first-order valence-corrected chi connectivity index (χ1v) is 11.8. The van der Waals surface area contributed by atoms with Gasteiger partial charge in [-0.25, -0.2) is 4.98 Å². The highest BCUT2D eigenvalue weighted by atomic mass is 79.9. The van der Waals surface area contributed by atoms with E-state index < -0.39 is 17.6 Å². The first-order chi connectivity index (χ1) is 15.5. The van der Waals surface area contributed by atoms with E-state index in [1.165, 1.54) is 0 Å². The van der Waals surface area contributed by atoms with Crippen molar-refractivity contribution in [3.8, 4) is 16.9 Å². The number of hydrogen-bond acceptors (Lipinski definition) is 4. The SMILES string of the molecule is CCOCNC(=O)C(C(Oc1ccc(-c2ccccc2)cc1)n1ccnc1)C(C)(C)CBr. The molecule has 6 nitrogen and oxygen atoms in total. The molecule has 1 aromatic heterocycles. The van der Waals surface area contributed by atoms with Crippen LogP contribution in [-0.4, -0.2) is 34.1 Å². The Morgan fingerprint density at radius 3 is 2.41 bits per heavy atom. The van der Waals surface area contributed by atoms with E-state index in [1.54, 1.807) is 12.5 Å². The number of aromatic nitrogens is 2. The lowest BCUT2D eigenvalue weighted by molar-refractivity contribution is -0.137. The summed E-state index contributed by atoms with van der Waals surface area (Å²) in [6.45, 7) is 6.66. The average molecular weight is 500 g/mol. The average Bonchev–Trinajstić information content (AvgIpc) is 3.35. The van der Waals surface area contributed by atoms with E-state index in [9.17, 15) is 4.79 Å². The van der Waals surface area contributed by atoms with Crippen LogP contribution < -0.4 is 10.1 Å². The van der Waals surface area contributed by atoms with Gasteiger partial charge in [0.2, 0.25) is 5.91 Å². The maximum Gasteiger partial charge on any atom is 0.231 e. The minimum atomic E-state index is -0.589. The summed E-state index contributed by atoms with van der Waals surface area (Å²) >= 11 is 3.58. The number of nitrogens with zero attached hydrogens (tertiary/aromatic N) is 2. The van der Waals surface area contributed by atoms with Gasteiger partial charge in [-0.2, -0.15) is 0 Å². The molecular formula is C25H30BrN3O3. The Bertz CT molecular complexity index is 960. The Morgan fingerprint density at radius 2 is 1.81 bits per heavy atom. The van der Waals surface area contributed by atoms with Crippen molar-refractivity contribution in [3.63, 3.8) is 0 Å². The van der Waals surface area contributed by atoms with Crippen molar-refractivity contribution in [2.75, 3.05) is 18.7 Å². The molecule has 0 aliphatic rings. The van der Waals surface area contributed by atoms with Crippen LogP contribution in [-0.2, 0) is 9.53 Å². The molecule has 7 heteroatoms. The number of ether oxygens (including phenoxy) is 2. The van der Waals surface area contributed by atoms with Crippen molar-refractivity contribution in [2.24, 2.45) is 11.3 Å². The molecule has 1 amide bonds. The fourth-order valence-electron chi connectivity index (χ4n) is 3.50. The third kappa shape index (κ3) is 5.99. The van der Waals surface area contributed by atoms with Gasteiger partial charge in [0.05, 0.1) is 6.33 Å².